The van der Waals surface area contributed by atoms with Crippen LogP contribution in [0.25, 0.3) is 10.2 Å². The number of carbonyl (C=O) groups is 1. The van der Waals surface area contributed by atoms with Crippen LogP contribution in [0.3, 0.4) is 0 Å². The van der Waals surface area contributed by atoms with E-state index in [0.717, 1.165) is 33.9 Å². The molecule has 1 aromatic carbocycles. The number of amides is 1. The number of rotatable bonds is 7. The van der Waals surface area contributed by atoms with Gasteiger partial charge in [0, 0.05) is 19.6 Å². The van der Waals surface area contributed by atoms with Gasteiger partial charge >= 0.3 is 0 Å². The van der Waals surface area contributed by atoms with Gasteiger partial charge in [-0.3, -0.25) is 4.79 Å². The first kappa shape index (κ1) is 18.3. The Morgan fingerprint density at radius 2 is 2.08 bits per heavy atom. The maximum Gasteiger partial charge on any atom is 0.248 e. The Morgan fingerprint density at radius 1 is 1.28 bits per heavy atom. The molecule has 0 N–H and O–H groups in total. The highest BCUT2D eigenvalue weighted by Crippen LogP contribution is 2.27. The number of carbonyl (C=O) groups excluding carboxylic acids is 1. The van der Waals surface area contributed by atoms with Crippen LogP contribution in [0.1, 0.15) is 51.9 Å². The molecule has 1 amide bonds. The van der Waals surface area contributed by atoms with E-state index in [1.807, 2.05) is 19.1 Å². The summed E-state index contributed by atoms with van der Waals surface area (Å²) in [7, 11) is 0. The van der Waals surface area contributed by atoms with Crippen molar-refractivity contribution in [2.75, 3.05) is 13.2 Å². The van der Waals surface area contributed by atoms with Crippen LogP contribution in [0.4, 0.5) is 0 Å². The summed E-state index contributed by atoms with van der Waals surface area (Å²) < 4.78 is 8.78. The lowest BCUT2D eigenvalue weighted by Gasteiger charge is -2.20. The molecule has 0 unspecified atom stereocenters. The van der Waals surface area contributed by atoms with Crippen LogP contribution in [0, 0.1) is 5.92 Å². The van der Waals surface area contributed by atoms with Gasteiger partial charge < -0.3 is 9.30 Å². The largest absolute Gasteiger partial charge is 0.380 e. The fraction of sp³-hybridized carbons (Fsp3) is 0.600. The average Bonchev–Trinajstić information content (AvgIpc) is 2.98. The second kappa shape index (κ2) is 9.30. The molecule has 1 aliphatic rings. The molecule has 0 bridgehead atoms. The molecule has 4 nitrogen and oxygen atoms in total. The third kappa shape index (κ3) is 5.02. The first-order valence-electron chi connectivity index (χ1n) is 9.51. The minimum Gasteiger partial charge on any atom is -0.380 e. The lowest BCUT2D eigenvalue weighted by atomic mass is 9.86. The average molecular weight is 361 g/mol. The Bertz CT molecular complexity index is 756. The quantitative estimate of drug-likeness (QED) is 0.681. The molecule has 1 saturated carbocycles. The smallest absolute Gasteiger partial charge is 0.248 e. The number of para-hydroxylation sites is 1. The van der Waals surface area contributed by atoms with Gasteiger partial charge in [-0.05, 0) is 31.4 Å². The zero-order valence-corrected chi connectivity index (χ0v) is 15.9. The van der Waals surface area contributed by atoms with Gasteiger partial charge in [0.2, 0.25) is 5.91 Å². The van der Waals surface area contributed by atoms with Crippen LogP contribution in [0.2, 0.25) is 0 Å². The Hall–Kier alpha value is -1.46. The number of fused-ring (bicyclic) bond motifs is 1. The van der Waals surface area contributed by atoms with Gasteiger partial charge in [-0.25, -0.2) is 0 Å². The molecule has 5 heteroatoms. The maximum absolute atomic E-state index is 12.4. The summed E-state index contributed by atoms with van der Waals surface area (Å²) in [5.41, 5.74) is 1.13. The molecule has 0 atom stereocenters. The summed E-state index contributed by atoms with van der Waals surface area (Å²) in [6.45, 7) is 4.07. The molecular formula is C20H28N2O2S. The van der Waals surface area contributed by atoms with Crippen LogP contribution >= 0.6 is 11.3 Å². The second-order valence-electron chi connectivity index (χ2n) is 6.75. The molecule has 1 aromatic heterocycles. The van der Waals surface area contributed by atoms with Crippen LogP contribution in [-0.4, -0.2) is 23.7 Å². The van der Waals surface area contributed by atoms with E-state index in [-0.39, 0.29) is 5.91 Å². The number of hydrogen-bond acceptors (Lipinski definition) is 3. The van der Waals surface area contributed by atoms with Crippen molar-refractivity contribution in [3.63, 3.8) is 0 Å². The van der Waals surface area contributed by atoms with Gasteiger partial charge in [0.1, 0.15) is 0 Å². The number of aromatic nitrogens is 1. The molecule has 1 aliphatic carbocycles. The Balaban J connectivity index is 1.74. The van der Waals surface area contributed by atoms with Crippen molar-refractivity contribution >= 4 is 27.5 Å². The number of thiazole rings is 1. The standard InChI is InChI=1S/C20H28N2O2S/c1-2-24-15-14-22-17-10-6-7-11-18(17)25-20(22)21-19(23)13-12-16-8-4-3-5-9-16/h6-7,10-11,16H,2-5,8-9,12-15H2,1H3. The molecule has 2 aromatic rings. The van der Waals surface area contributed by atoms with Crippen molar-refractivity contribution in [3.05, 3.63) is 29.1 Å². The molecule has 1 heterocycles. The van der Waals surface area contributed by atoms with Crippen LogP contribution in [-0.2, 0) is 16.1 Å². The topological polar surface area (TPSA) is 43.6 Å². The molecule has 0 radical (unpaired) electrons. The molecule has 3 rings (SSSR count). The number of ether oxygens (including phenoxy) is 1. The molecule has 1 fully saturated rings. The van der Waals surface area contributed by atoms with Gasteiger partial charge in [0.15, 0.2) is 4.80 Å². The van der Waals surface area contributed by atoms with Crippen molar-refractivity contribution in [2.24, 2.45) is 10.9 Å². The SMILES string of the molecule is CCOCCn1c(=NC(=O)CCC2CCCCC2)sc2ccccc21. The molecule has 0 saturated heterocycles. The van der Waals surface area contributed by atoms with Gasteiger partial charge in [-0.15, -0.1) is 0 Å². The molecule has 0 spiro atoms. The van der Waals surface area contributed by atoms with Crippen molar-refractivity contribution in [2.45, 2.75) is 58.4 Å². The maximum atomic E-state index is 12.4. The monoisotopic (exact) mass is 360 g/mol. The highest BCUT2D eigenvalue weighted by molar-refractivity contribution is 7.16. The predicted octanol–water partition coefficient (Wildman–Crippen LogP) is 4.53. The minimum atomic E-state index is 0.0160. The highest BCUT2D eigenvalue weighted by Gasteiger charge is 2.15. The highest BCUT2D eigenvalue weighted by atomic mass is 32.1. The predicted molar refractivity (Wildman–Crippen MR) is 103 cm³/mol. The third-order valence-electron chi connectivity index (χ3n) is 4.96. The van der Waals surface area contributed by atoms with Crippen LogP contribution < -0.4 is 4.80 Å². The van der Waals surface area contributed by atoms with E-state index in [1.165, 1.54) is 32.1 Å². The first-order chi connectivity index (χ1) is 12.3. The summed E-state index contributed by atoms with van der Waals surface area (Å²) in [6.07, 6.45) is 8.13. The van der Waals surface area contributed by atoms with Gasteiger partial charge in [0.25, 0.3) is 0 Å². The summed E-state index contributed by atoms with van der Waals surface area (Å²) in [5, 5.41) is 0. The van der Waals surface area contributed by atoms with E-state index < -0.39 is 0 Å². The first-order valence-corrected chi connectivity index (χ1v) is 10.3. The van der Waals surface area contributed by atoms with E-state index in [2.05, 4.69) is 21.7 Å². The Labute approximate surface area is 153 Å². The number of benzene rings is 1. The van der Waals surface area contributed by atoms with Gasteiger partial charge in [-0.2, -0.15) is 4.99 Å². The fourth-order valence-corrected chi connectivity index (χ4v) is 4.66. The third-order valence-corrected chi connectivity index (χ3v) is 6.02. The molecule has 136 valence electrons. The van der Waals surface area contributed by atoms with E-state index in [1.54, 1.807) is 11.3 Å². The lowest BCUT2D eigenvalue weighted by Crippen LogP contribution is -2.20. The zero-order chi connectivity index (χ0) is 17.5. The fourth-order valence-electron chi connectivity index (χ4n) is 3.59. The summed E-state index contributed by atoms with van der Waals surface area (Å²) in [5.74, 6) is 0.739. The molecule has 0 aliphatic heterocycles. The van der Waals surface area contributed by atoms with Gasteiger partial charge in [0.05, 0.1) is 16.8 Å². The van der Waals surface area contributed by atoms with Crippen molar-refractivity contribution in [3.8, 4) is 0 Å². The number of nitrogens with zero attached hydrogens (tertiary/aromatic N) is 2. The molecular weight excluding hydrogens is 332 g/mol. The Morgan fingerprint density at radius 3 is 2.88 bits per heavy atom. The van der Waals surface area contributed by atoms with Gasteiger partial charge in [-0.1, -0.05) is 55.6 Å². The molecule has 25 heavy (non-hydrogen) atoms. The van der Waals surface area contributed by atoms with Crippen LogP contribution in [0.5, 0.6) is 0 Å². The van der Waals surface area contributed by atoms with Crippen molar-refractivity contribution in [1.29, 1.82) is 0 Å². The summed E-state index contributed by atoms with van der Waals surface area (Å²) >= 11 is 1.59. The minimum absolute atomic E-state index is 0.0160. The van der Waals surface area contributed by atoms with E-state index >= 15 is 0 Å². The number of hydrogen-bond donors (Lipinski definition) is 0. The van der Waals surface area contributed by atoms with Crippen molar-refractivity contribution < 1.29 is 9.53 Å². The second-order valence-corrected chi connectivity index (χ2v) is 7.76. The van der Waals surface area contributed by atoms with E-state index in [9.17, 15) is 4.79 Å². The zero-order valence-electron chi connectivity index (χ0n) is 15.1. The summed E-state index contributed by atoms with van der Waals surface area (Å²) in [4.78, 5) is 17.7. The van der Waals surface area contributed by atoms with E-state index in [0.29, 0.717) is 19.6 Å². The Kier molecular flexibility index (Phi) is 6.82. The van der Waals surface area contributed by atoms with Crippen LogP contribution in [0.15, 0.2) is 29.3 Å². The normalized spacial score (nSPS) is 16.6. The van der Waals surface area contributed by atoms with Crippen molar-refractivity contribution in [1.82, 2.24) is 4.57 Å². The lowest BCUT2D eigenvalue weighted by molar-refractivity contribution is -0.118. The van der Waals surface area contributed by atoms with E-state index in [4.69, 9.17) is 4.74 Å². The summed E-state index contributed by atoms with van der Waals surface area (Å²) in [6, 6.07) is 8.23.